The third-order valence-corrected chi connectivity index (χ3v) is 5.75. The van der Waals surface area contributed by atoms with E-state index in [0.29, 0.717) is 5.92 Å². The van der Waals surface area contributed by atoms with Gasteiger partial charge in [0.2, 0.25) is 0 Å². The molecule has 1 fully saturated rings. The first-order valence-corrected chi connectivity index (χ1v) is 10.9. The standard InChI is InChI=1S/C21H36N2O2S/c1-5-20(24-4)21(15-17(2)3)25-19-12-10-11-18(16-19)22-26-23-13-8-6-7-9-14-23/h10-12,16-17,20-22H,5-9,13-15H2,1-4H3. The third-order valence-electron chi connectivity index (χ3n) is 4.80. The fraction of sp³-hybridized carbons (Fsp3) is 0.714. The van der Waals surface area contributed by atoms with E-state index in [-0.39, 0.29) is 12.2 Å². The Morgan fingerprint density at radius 2 is 1.85 bits per heavy atom. The molecule has 1 aliphatic rings. The van der Waals surface area contributed by atoms with Crippen molar-refractivity contribution in [3.05, 3.63) is 24.3 Å². The molecule has 5 heteroatoms. The molecule has 1 aromatic carbocycles. The van der Waals surface area contributed by atoms with Gasteiger partial charge in [-0.25, -0.2) is 4.31 Å². The Morgan fingerprint density at radius 1 is 1.12 bits per heavy atom. The molecule has 2 atom stereocenters. The van der Waals surface area contributed by atoms with Crippen LogP contribution in [0, 0.1) is 5.92 Å². The number of nitrogens with one attached hydrogen (secondary N) is 1. The summed E-state index contributed by atoms with van der Waals surface area (Å²) in [7, 11) is 1.78. The molecule has 1 heterocycles. The van der Waals surface area contributed by atoms with Crippen molar-refractivity contribution in [2.75, 3.05) is 24.9 Å². The second-order valence-corrected chi connectivity index (χ2v) is 8.44. The molecule has 1 aliphatic heterocycles. The molecule has 2 unspecified atom stereocenters. The molecule has 0 spiro atoms. The summed E-state index contributed by atoms with van der Waals surface area (Å²) in [6.45, 7) is 8.94. The van der Waals surface area contributed by atoms with Gasteiger partial charge in [-0.2, -0.15) is 0 Å². The van der Waals surface area contributed by atoms with E-state index in [1.54, 1.807) is 19.2 Å². The first-order chi connectivity index (χ1) is 12.6. The highest BCUT2D eigenvalue weighted by atomic mass is 32.2. The van der Waals surface area contributed by atoms with E-state index >= 15 is 0 Å². The highest BCUT2D eigenvalue weighted by molar-refractivity contribution is 7.98. The number of hydrogen-bond acceptors (Lipinski definition) is 5. The lowest BCUT2D eigenvalue weighted by molar-refractivity contribution is -0.00898. The van der Waals surface area contributed by atoms with Crippen LogP contribution in [0.5, 0.6) is 5.75 Å². The molecule has 1 saturated heterocycles. The van der Waals surface area contributed by atoms with Gasteiger partial charge in [0.15, 0.2) is 0 Å². The van der Waals surface area contributed by atoms with E-state index in [4.69, 9.17) is 9.47 Å². The van der Waals surface area contributed by atoms with Crippen LogP contribution < -0.4 is 9.46 Å². The summed E-state index contributed by atoms with van der Waals surface area (Å²) < 4.78 is 17.9. The van der Waals surface area contributed by atoms with Gasteiger partial charge in [0.25, 0.3) is 0 Å². The van der Waals surface area contributed by atoms with Crippen LogP contribution in [-0.2, 0) is 4.74 Å². The van der Waals surface area contributed by atoms with Gasteiger partial charge in [0.1, 0.15) is 11.9 Å². The molecule has 0 aliphatic carbocycles. The molecular formula is C21H36N2O2S. The van der Waals surface area contributed by atoms with Crippen molar-refractivity contribution in [3.8, 4) is 5.75 Å². The zero-order valence-corrected chi connectivity index (χ0v) is 17.7. The number of anilines is 1. The number of methoxy groups -OCH3 is 1. The van der Waals surface area contributed by atoms with E-state index in [1.807, 2.05) is 6.07 Å². The number of hydrogen-bond donors (Lipinski definition) is 1. The van der Waals surface area contributed by atoms with Gasteiger partial charge in [0, 0.05) is 44.1 Å². The smallest absolute Gasteiger partial charge is 0.125 e. The predicted octanol–water partition coefficient (Wildman–Crippen LogP) is 5.76. The monoisotopic (exact) mass is 380 g/mol. The van der Waals surface area contributed by atoms with Crippen LogP contribution in [0.2, 0.25) is 0 Å². The molecule has 148 valence electrons. The minimum Gasteiger partial charge on any atom is -0.488 e. The maximum absolute atomic E-state index is 6.33. The van der Waals surface area contributed by atoms with Gasteiger partial charge < -0.3 is 14.2 Å². The molecule has 0 radical (unpaired) electrons. The van der Waals surface area contributed by atoms with E-state index in [1.165, 1.54) is 25.7 Å². The lowest BCUT2D eigenvalue weighted by atomic mass is 10.00. The maximum Gasteiger partial charge on any atom is 0.125 e. The van der Waals surface area contributed by atoms with Gasteiger partial charge >= 0.3 is 0 Å². The van der Waals surface area contributed by atoms with E-state index < -0.39 is 0 Å². The first-order valence-electron chi connectivity index (χ1n) is 10.1. The molecule has 26 heavy (non-hydrogen) atoms. The molecular weight excluding hydrogens is 344 g/mol. The van der Waals surface area contributed by atoms with E-state index in [0.717, 1.165) is 37.4 Å². The second-order valence-electron chi connectivity index (χ2n) is 7.53. The maximum atomic E-state index is 6.33. The van der Waals surface area contributed by atoms with Crippen molar-refractivity contribution in [1.82, 2.24) is 4.31 Å². The Bertz CT molecular complexity index is 501. The van der Waals surface area contributed by atoms with Crippen LogP contribution >= 0.6 is 12.1 Å². The van der Waals surface area contributed by atoms with Crippen molar-refractivity contribution < 1.29 is 9.47 Å². The summed E-state index contributed by atoms with van der Waals surface area (Å²) in [6.07, 6.45) is 7.46. The Hall–Kier alpha value is -0.910. The summed E-state index contributed by atoms with van der Waals surface area (Å²) in [5.74, 6) is 1.48. The molecule has 1 N–H and O–H groups in total. The average molecular weight is 381 g/mol. The van der Waals surface area contributed by atoms with Crippen molar-refractivity contribution in [3.63, 3.8) is 0 Å². The first kappa shape index (κ1) is 21.4. The topological polar surface area (TPSA) is 33.7 Å². The molecule has 2 rings (SSSR count). The zero-order valence-electron chi connectivity index (χ0n) is 16.9. The van der Waals surface area contributed by atoms with E-state index in [2.05, 4.69) is 48.0 Å². The Morgan fingerprint density at radius 3 is 2.46 bits per heavy atom. The van der Waals surface area contributed by atoms with Gasteiger partial charge in [-0.15, -0.1) is 0 Å². The summed E-state index contributed by atoms with van der Waals surface area (Å²) >= 11 is 1.72. The normalized spacial score (nSPS) is 18.3. The van der Waals surface area contributed by atoms with Crippen LogP contribution in [-0.4, -0.2) is 36.7 Å². The Balaban J connectivity index is 1.95. The number of ether oxygens (including phenoxy) is 2. The number of rotatable bonds is 10. The summed E-state index contributed by atoms with van der Waals surface area (Å²) in [6, 6.07) is 8.29. The summed E-state index contributed by atoms with van der Waals surface area (Å²) in [5, 5.41) is 0. The second kappa shape index (κ2) is 11.7. The van der Waals surface area contributed by atoms with Gasteiger partial charge in [-0.1, -0.05) is 39.7 Å². The van der Waals surface area contributed by atoms with Crippen molar-refractivity contribution in [2.45, 2.75) is 71.5 Å². The quantitative estimate of drug-likeness (QED) is 0.522. The van der Waals surface area contributed by atoms with Gasteiger partial charge in [0.05, 0.1) is 6.10 Å². The fourth-order valence-electron chi connectivity index (χ4n) is 3.38. The molecule has 0 amide bonds. The van der Waals surface area contributed by atoms with E-state index in [9.17, 15) is 0 Å². The summed E-state index contributed by atoms with van der Waals surface area (Å²) in [5.41, 5.74) is 1.09. The fourth-order valence-corrected chi connectivity index (χ4v) is 4.18. The van der Waals surface area contributed by atoms with Crippen molar-refractivity contribution in [2.24, 2.45) is 5.92 Å². The third kappa shape index (κ3) is 7.37. The minimum atomic E-state index is 0.0820. The van der Waals surface area contributed by atoms with Crippen molar-refractivity contribution in [1.29, 1.82) is 0 Å². The minimum absolute atomic E-state index is 0.0820. The lowest BCUT2D eigenvalue weighted by Gasteiger charge is -2.28. The predicted molar refractivity (Wildman–Crippen MR) is 113 cm³/mol. The highest BCUT2D eigenvalue weighted by Gasteiger charge is 2.23. The number of nitrogens with zero attached hydrogens (tertiary/aromatic N) is 1. The van der Waals surface area contributed by atoms with Crippen LogP contribution in [0.25, 0.3) is 0 Å². The number of benzene rings is 1. The zero-order chi connectivity index (χ0) is 18.8. The van der Waals surface area contributed by atoms with Crippen LogP contribution in [0.1, 0.15) is 59.3 Å². The Labute approximate surface area is 164 Å². The van der Waals surface area contributed by atoms with Crippen LogP contribution in [0.3, 0.4) is 0 Å². The molecule has 0 bridgehead atoms. The Kier molecular flexibility index (Phi) is 9.65. The average Bonchev–Trinajstić information content (AvgIpc) is 2.89. The summed E-state index contributed by atoms with van der Waals surface area (Å²) in [4.78, 5) is 0. The van der Waals surface area contributed by atoms with Crippen LogP contribution in [0.15, 0.2) is 24.3 Å². The highest BCUT2D eigenvalue weighted by Crippen LogP contribution is 2.26. The van der Waals surface area contributed by atoms with Gasteiger partial charge in [-0.3, -0.25) is 0 Å². The van der Waals surface area contributed by atoms with Crippen molar-refractivity contribution >= 4 is 17.8 Å². The van der Waals surface area contributed by atoms with Gasteiger partial charge in [-0.05, 0) is 43.7 Å². The molecule has 4 nitrogen and oxygen atoms in total. The molecule has 1 aromatic rings. The molecule has 0 aromatic heterocycles. The molecule has 0 saturated carbocycles. The van der Waals surface area contributed by atoms with Crippen LogP contribution in [0.4, 0.5) is 5.69 Å². The lowest BCUT2D eigenvalue weighted by Crippen LogP contribution is -2.34. The SMILES string of the molecule is CCC(OC)C(CC(C)C)Oc1cccc(NSN2CCCCCC2)c1. The largest absolute Gasteiger partial charge is 0.488 e.